The molecule has 0 spiro atoms. The van der Waals surface area contributed by atoms with Gasteiger partial charge in [0.1, 0.15) is 11.5 Å². The molecular formula is C19H19NO2. The highest BCUT2D eigenvalue weighted by Crippen LogP contribution is 2.22. The van der Waals surface area contributed by atoms with Crippen LogP contribution in [-0.4, -0.2) is 12.2 Å². The second-order valence-electron chi connectivity index (χ2n) is 5.32. The number of aromatic hydroxyl groups is 1. The minimum absolute atomic E-state index is 0.305. The Labute approximate surface area is 130 Å². The molecule has 3 rings (SSSR count). The van der Waals surface area contributed by atoms with Crippen molar-refractivity contribution < 1.29 is 9.84 Å². The van der Waals surface area contributed by atoms with E-state index in [1.54, 1.807) is 19.2 Å². The molecule has 22 heavy (non-hydrogen) atoms. The van der Waals surface area contributed by atoms with Gasteiger partial charge in [-0.25, -0.2) is 0 Å². The number of rotatable bonds is 5. The normalized spacial score (nSPS) is 10.8. The standard InChI is InChI=1S/C19H19NO2/c1-22-19-8-7-16-9-15(5-6-17(16)11-19)13-20-12-14-3-2-4-18(21)10-14/h2-11,20-21H,12-13H2,1H3. The number of methoxy groups -OCH3 is 1. The van der Waals surface area contributed by atoms with Gasteiger partial charge in [-0.1, -0.05) is 30.3 Å². The molecule has 0 atom stereocenters. The highest BCUT2D eigenvalue weighted by atomic mass is 16.5. The molecule has 112 valence electrons. The maximum absolute atomic E-state index is 9.45. The van der Waals surface area contributed by atoms with E-state index in [4.69, 9.17) is 4.74 Å². The molecule has 0 aliphatic carbocycles. The third-order valence-electron chi connectivity index (χ3n) is 3.68. The van der Waals surface area contributed by atoms with Gasteiger partial charge in [0, 0.05) is 13.1 Å². The molecule has 0 fully saturated rings. The van der Waals surface area contributed by atoms with Gasteiger partial charge in [-0.2, -0.15) is 0 Å². The van der Waals surface area contributed by atoms with Gasteiger partial charge in [0.15, 0.2) is 0 Å². The third kappa shape index (κ3) is 3.38. The topological polar surface area (TPSA) is 41.5 Å². The third-order valence-corrected chi connectivity index (χ3v) is 3.68. The van der Waals surface area contributed by atoms with Crippen LogP contribution < -0.4 is 10.1 Å². The minimum atomic E-state index is 0.305. The summed E-state index contributed by atoms with van der Waals surface area (Å²) in [5.41, 5.74) is 2.31. The van der Waals surface area contributed by atoms with Crippen LogP contribution in [0.25, 0.3) is 10.8 Å². The first kappa shape index (κ1) is 14.4. The Bertz CT molecular complexity index is 783. The van der Waals surface area contributed by atoms with Crippen molar-refractivity contribution in [3.63, 3.8) is 0 Å². The maximum Gasteiger partial charge on any atom is 0.119 e. The molecule has 0 saturated carbocycles. The second kappa shape index (κ2) is 6.50. The van der Waals surface area contributed by atoms with Crippen LogP contribution in [0.15, 0.2) is 60.7 Å². The number of phenols is 1. The minimum Gasteiger partial charge on any atom is -0.508 e. The van der Waals surface area contributed by atoms with Gasteiger partial charge in [0.05, 0.1) is 7.11 Å². The average Bonchev–Trinajstić information content (AvgIpc) is 2.54. The van der Waals surface area contributed by atoms with Crippen LogP contribution in [0, 0.1) is 0 Å². The zero-order valence-corrected chi connectivity index (χ0v) is 12.5. The molecule has 0 heterocycles. The molecule has 3 nitrogen and oxygen atoms in total. The molecule has 0 amide bonds. The summed E-state index contributed by atoms with van der Waals surface area (Å²) in [5.74, 6) is 1.18. The molecule has 0 saturated heterocycles. The summed E-state index contributed by atoms with van der Waals surface area (Å²) in [5, 5.41) is 15.2. The van der Waals surface area contributed by atoms with Crippen LogP contribution in [-0.2, 0) is 13.1 Å². The molecule has 0 aliphatic rings. The second-order valence-corrected chi connectivity index (χ2v) is 5.32. The monoisotopic (exact) mass is 293 g/mol. The Morgan fingerprint density at radius 3 is 2.36 bits per heavy atom. The van der Waals surface area contributed by atoms with Gasteiger partial charge in [-0.3, -0.25) is 0 Å². The highest BCUT2D eigenvalue weighted by Gasteiger charge is 2.00. The van der Waals surface area contributed by atoms with E-state index in [-0.39, 0.29) is 0 Å². The number of phenolic OH excluding ortho intramolecular Hbond substituents is 1. The lowest BCUT2D eigenvalue weighted by Crippen LogP contribution is -2.12. The van der Waals surface area contributed by atoms with Gasteiger partial charge in [0.2, 0.25) is 0 Å². The van der Waals surface area contributed by atoms with Crippen LogP contribution in [0.3, 0.4) is 0 Å². The van der Waals surface area contributed by atoms with Gasteiger partial charge in [-0.05, 0) is 52.2 Å². The van der Waals surface area contributed by atoms with Crippen LogP contribution in [0.2, 0.25) is 0 Å². The summed E-state index contributed by atoms with van der Waals surface area (Å²) in [6.07, 6.45) is 0. The van der Waals surface area contributed by atoms with Crippen LogP contribution in [0.5, 0.6) is 11.5 Å². The van der Waals surface area contributed by atoms with Crippen molar-refractivity contribution in [1.29, 1.82) is 0 Å². The molecule has 3 aromatic rings. The molecule has 0 aliphatic heterocycles. The molecule has 3 heteroatoms. The van der Waals surface area contributed by atoms with E-state index in [9.17, 15) is 5.11 Å². The number of nitrogens with one attached hydrogen (secondary N) is 1. The lowest BCUT2D eigenvalue weighted by molar-refractivity contribution is 0.415. The number of hydrogen-bond donors (Lipinski definition) is 2. The van der Waals surface area contributed by atoms with E-state index < -0.39 is 0 Å². The summed E-state index contributed by atoms with van der Waals surface area (Å²) >= 11 is 0. The Morgan fingerprint density at radius 2 is 1.59 bits per heavy atom. The highest BCUT2D eigenvalue weighted by molar-refractivity contribution is 5.84. The summed E-state index contributed by atoms with van der Waals surface area (Å²) in [6.45, 7) is 1.52. The summed E-state index contributed by atoms with van der Waals surface area (Å²) in [7, 11) is 1.68. The van der Waals surface area contributed by atoms with Gasteiger partial charge in [-0.15, -0.1) is 0 Å². The number of benzene rings is 3. The Morgan fingerprint density at radius 1 is 0.864 bits per heavy atom. The van der Waals surface area contributed by atoms with E-state index in [1.807, 2.05) is 24.3 Å². The van der Waals surface area contributed by atoms with Crippen LogP contribution >= 0.6 is 0 Å². The average molecular weight is 293 g/mol. The van der Waals surface area contributed by atoms with E-state index in [0.717, 1.165) is 24.4 Å². The van der Waals surface area contributed by atoms with Gasteiger partial charge in [0.25, 0.3) is 0 Å². The zero-order valence-electron chi connectivity index (χ0n) is 12.5. The number of hydrogen-bond acceptors (Lipinski definition) is 3. The molecule has 2 N–H and O–H groups in total. The van der Waals surface area contributed by atoms with E-state index in [1.165, 1.54) is 16.3 Å². The fourth-order valence-corrected chi connectivity index (χ4v) is 2.53. The summed E-state index contributed by atoms with van der Waals surface area (Å²) in [4.78, 5) is 0. The molecule has 0 bridgehead atoms. The van der Waals surface area contributed by atoms with E-state index >= 15 is 0 Å². The Kier molecular flexibility index (Phi) is 4.26. The predicted molar refractivity (Wildman–Crippen MR) is 89.2 cm³/mol. The SMILES string of the molecule is COc1ccc2cc(CNCc3cccc(O)c3)ccc2c1. The largest absolute Gasteiger partial charge is 0.508 e. The lowest BCUT2D eigenvalue weighted by atomic mass is 10.1. The van der Waals surface area contributed by atoms with Crippen molar-refractivity contribution in [2.75, 3.05) is 7.11 Å². The van der Waals surface area contributed by atoms with E-state index in [0.29, 0.717) is 5.75 Å². The van der Waals surface area contributed by atoms with Crippen molar-refractivity contribution in [3.05, 3.63) is 71.8 Å². The van der Waals surface area contributed by atoms with Gasteiger partial charge < -0.3 is 15.2 Å². The predicted octanol–water partition coefficient (Wildman–Crippen LogP) is 3.84. The van der Waals surface area contributed by atoms with Crippen LogP contribution in [0.4, 0.5) is 0 Å². The molecule has 0 aromatic heterocycles. The van der Waals surface area contributed by atoms with Crippen molar-refractivity contribution >= 4 is 10.8 Å². The number of fused-ring (bicyclic) bond motifs is 1. The Hall–Kier alpha value is -2.52. The van der Waals surface area contributed by atoms with Crippen molar-refractivity contribution in [3.8, 4) is 11.5 Å². The fraction of sp³-hybridized carbons (Fsp3) is 0.158. The molecule has 3 aromatic carbocycles. The van der Waals surface area contributed by atoms with E-state index in [2.05, 4.69) is 29.6 Å². The first-order valence-corrected chi connectivity index (χ1v) is 7.30. The summed E-state index contributed by atoms with van der Waals surface area (Å²) in [6, 6.07) is 19.8. The summed E-state index contributed by atoms with van der Waals surface area (Å²) < 4.78 is 5.24. The van der Waals surface area contributed by atoms with Crippen molar-refractivity contribution in [2.24, 2.45) is 0 Å². The van der Waals surface area contributed by atoms with Gasteiger partial charge >= 0.3 is 0 Å². The first-order chi connectivity index (χ1) is 10.7. The quantitative estimate of drug-likeness (QED) is 0.751. The molecular weight excluding hydrogens is 274 g/mol. The molecule has 0 unspecified atom stereocenters. The number of ether oxygens (including phenoxy) is 1. The van der Waals surface area contributed by atoms with Crippen molar-refractivity contribution in [1.82, 2.24) is 5.32 Å². The van der Waals surface area contributed by atoms with Crippen molar-refractivity contribution in [2.45, 2.75) is 13.1 Å². The zero-order chi connectivity index (χ0) is 15.4. The lowest BCUT2D eigenvalue weighted by Gasteiger charge is -2.08. The fourth-order valence-electron chi connectivity index (χ4n) is 2.53. The first-order valence-electron chi connectivity index (χ1n) is 7.30. The maximum atomic E-state index is 9.45. The smallest absolute Gasteiger partial charge is 0.119 e. The van der Waals surface area contributed by atoms with Crippen LogP contribution in [0.1, 0.15) is 11.1 Å². The molecule has 0 radical (unpaired) electrons. The Balaban J connectivity index is 1.66.